The molecular formula is C14H18BrN7O2. The Morgan fingerprint density at radius 3 is 2.79 bits per heavy atom. The van der Waals surface area contributed by atoms with Gasteiger partial charge in [-0.15, -0.1) is 5.10 Å². The van der Waals surface area contributed by atoms with Gasteiger partial charge in [0.25, 0.3) is 5.91 Å². The van der Waals surface area contributed by atoms with Crippen LogP contribution in [0.25, 0.3) is 0 Å². The molecule has 9 nitrogen and oxygen atoms in total. The van der Waals surface area contributed by atoms with Crippen molar-refractivity contribution in [1.82, 2.24) is 25.2 Å². The number of rotatable bonds is 4. The molecule has 0 spiro atoms. The predicted octanol–water partition coefficient (Wildman–Crippen LogP) is 1.04. The first-order chi connectivity index (χ1) is 11.5. The number of halogens is 1. The third-order valence-electron chi connectivity index (χ3n) is 3.91. The molecule has 1 saturated heterocycles. The van der Waals surface area contributed by atoms with Crippen LogP contribution >= 0.6 is 15.9 Å². The van der Waals surface area contributed by atoms with E-state index in [1.54, 1.807) is 20.0 Å². The number of anilines is 2. The maximum Gasteiger partial charge on any atom is 0.253 e. The first kappa shape index (κ1) is 16.8. The summed E-state index contributed by atoms with van der Waals surface area (Å²) in [6, 6.07) is 1.85. The van der Waals surface area contributed by atoms with Crippen molar-refractivity contribution in [3.05, 3.63) is 23.1 Å². The van der Waals surface area contributed by atoms with Crippen molar-refractivity contribution in [3.63, 3.8) is 0 Å². The van der Waals surface area contributed by atoms with Crippen molar-refractivity contribution in [1.29, 1.82) is 0 Å². The molecule has 1 N–H and O–H groups in total. The lowest BCUT2D eigenvalue weighted by Crippen LogP contribution is -2.41. The summed E-state index contributed by atoms with van der Waals surface area (Å²) in [6.07, 6.45) is 3.10. The van der Waals surface area contributed by atoms with Crippen molar-refractivity contribution < 1.29 is 9.53 Å². The molecule has 24 heavy (non-hydrogen) atoms. The van der Waals surface area contributed by atoms with Crippen LogP contribution < -0.4 is 10.2 Å². The lowest BCUT2D eigenvalue weighted by molar-refractivity contribution is -0.123. The van der Waals surface area contributed by atoms with Gasteiger partial charge >= 0.3 is 0 Å². The van der Waals surface area contributed by atoms with E-state index in [4.69, 9.17) is 4.74 Å². The highest BCUT2D eigenvalue weighted by molar-refractivity contribution is 9.10. The lowest BCUT2D eigenvalue weighted by atomic mass is 10.1. The summed E-state index contributed by atoms with van der Waals surface area (Å²) in [5.74, 6) is 0.225. The van der Waals surface area contributed by atoms with Gasteiger partial charge in [-0.1, -0.05) is 0 Å². The first-order valence-electron chi connectivity index (χ1n) is 7.51. The van der Waals surface area contributed by atoms with Crippen LogP contribution in [-0.2, 0) is 15.1 Å². The molecule has 1 aliphatic heterocycles. The summed E-state index contributed by atoms with van der Waals surface area (Å²) in [5.41, 5.74) is 0.0426. The number of carbonyl (C=O) groups excluding carboxylic acids is 1. The van der Waals surface area contributed by atoms with E-state index in [9.17, 15) is 4.79 Å². The van der Waals surface area contributed by atoms with Gasteiger partial charge in [-0.2, -0.15) is 0 Å². The maximum absolute atomic E-state index is 12.6. The third-order valence-corrected chi connectivity index (χ3v) is 4.52. The minimum Gasteiger partial charge on any atom is -0.378 e. The number of morpholine rings is 1. The molecule has 10 heteroatoms. The number of carbonyl (C=O) groups is 1. The van der Waals surface area contributed by atoms with Crippen molar-refractivity contribution in [3.8, 4) is 0 Å². The summed E-state index contributed by atoms with van der Waals surface area (Å²) in [7, 11) is 0. The molecule has 0 atom stereocenters. The fourth-order valence-electron chi connectivity index (χ4n) is 2.33. The van der Waals surface area contributed by atoms with Gasteiger partial charge in [0, 0.05) is 25.4 Å². The highest BCUT2D eigenvalue weighted by Crippen LogP contribution is 2.29. The highest BCUT2D eigenvalue weighted by atomic mass is 79.9. The Labute approximate surface area is 147 Å². The molecule has 128 valence electrons. The Balaban J connectivity index is 1.79. The number of amides is 1. The Kier molecular flexibility index (Phi) is 4.76. The number of aromatic nitrogens is 5. The normalized spacial score (nSPS) is 15.4. The topological polar surface area (TPSA) is 98.1 Å². The van der Waals surface area contributed by atoms with E-state index in [1.165, 1.54) is 11.0 Å². The molecular weight excluding hydrogens is 378 g/mol. The molecule has 2 aromatic rings. The molecule has 2 aromatic heterocycles. The van der Waals surface area contributed by atoms with Crippen LogP contribution in [0.4, 0.5) is 11.5 Å². The average Bonchev–Trinajstić information content (AvgIpc) is 3.12. The summed E-state index contributed by atoms with van der Waals surface area (Å²) < 4.78 is 7.66. The van der Waals surface area contributed by atoms with Gasteiger partial charge in [0.1, 0.15) is 17.7 Å². The van der Waals surface area contributed by atoms with Gasteiger partial charge in [0.2, 0.25) is 0 Å². The van der Waals surface area contributed by atoms with Crippen molar-refractivity contribution in [2.24, 2.45) is 0 Å². The van der Waals surface area contributed by atoms with E-state index >= 15 is 0 Å². The molecule has 3 heterocycles. The monoisotopic (exact) mass is 395 g/mol. The molecule has 0 saturated carbocycles. The van der Waals surface area contributed by atoms with E-state index in [1.807, 2.05) is 6.07 Å². The Bertz CT molecular complexity index is 714. The SMILES string of the molecule is CC(C)(C(=O)Nc1cc(N2CCOCC2)c(Br)cn1)n1cnnn1. The standard InChI is InChI=1S/C14H18BrN7O2/c1-14(2,22-9-17-19-20-22)13(23)18-12-7-11(10(15)8-16-12)21-3-5-24-6-4-21/h7-9H,3-6H2,1-2H3,(H,16,18,23). The fourth-order valence-corrected chi connectivity index (χ4v) is 2.80. The fraction of sp³-hybridized carbons (Fsp3) is 0.500. The average molecular weight is 396 g/mol. The quantitative estimate of drug-likeness (QED) is 0.825. The number of hydrogen-bond donors (Lipinski definition) is 1. The second kappa shape index (κ2) is 6.81. The molecule has 0 bridgehead atoms. The number of nitrogens with one attached hydrogen (secondary N) is 1. The van der Waals surface area contributed by atoms with Gasteiger partial charge in [0.05, 0.1) is 23.4 Å². The first-order valence-corrected chi connectivity index (χ1v) is 8.31. The lowest BCUT2D eigenvalue weighted by Gasteiger charge is -2.30. The van der Waals surface area contributed by atoms with E-state index in [2.05, 4.69) is 46.7 Å². The minimum atomic E-state index is -0.933. The largest absolute Gasteiger partial charge is 0.378 e. The summed E-state index contributed by atoms with van der Waals surface area (Å²) in [5, 5.41) is 13.8. The highest BCUT2D eigenvalue weighted by Gasteiger charge is 2.31. The molecule has 0 unspecified atom stereocenters. The zero-order valence-electron chi connectivity index (χ0n) is 13.4. The Hall–Kier alpha value is -2.07. The second-order valence-corrected chi connectivity index (χ2v) is 6.74. The number of pyridine rings is 1. The maximum atomic E-state index is 12.6. The van der Waals surface area contributed by atoms with Gasteiger partial charge in [-0.3, -0.25) is 4.79 Å². The van der Waals surface area contributed by atoms with Crippen molar-refractivity contribution >= 4 is 33.3 Å². The zero-order valence-corrected chi connectivity index (χ0v) is 15.0. The van der Waals surface area contributed by atoms with Crippen LogP contribution in [0.2, 0.25) is 0 Å². The van der Waals surface area contributed by atoms with E-state index in [0.717, 1.165) is 23.2 Å². The molecule has 1 fully saturated rings. The summed E-state index contributed by atoms with van der Waals surface area (Å²) in [4.78, 5) is 19.1. The van der Waals surface area contributed by atoms with Crippen molar-refractivity contribution in [2.45, 2.75) is 19.4 Å². The minimum absolute atomic E-state index is 0.252. The molecule has 0 radical (unpaired) electrons. The predicted molar refractivity (Wildman–Crippen MR) is 90.7 cm³/mol. The summed E-state index contributed by atoms with van der Waals surface area (Å²) >= 11 is 3.51. The Morgan fingerprint density at radius 1 is 1.38 bits per heavy atom. The van der Waals surface area contributed by atoms with E-state index < -0.39 is 5.54 Å². The second-order valence-electron chi connectivity index (χ2n) is 5.89. The van der Waals surface area contributed by atoms with Gasteiger partial charge in [-0.25, -0.2) is 9.67 Å². The number of tetrazole rings is 1. The smallest absolute Gasteiger partial charge is 0.253 e. The molecule has 1 amide bonds. The van der Waals surface area contributed by atoms with Crippen LogP contribution in [-0.4, -0.2) is 57.4 Å². The van der Waals surface area contributed by atoms with Gasteiger partial charge in [0.15, 0.2) is 0 Å². The van der Waals surface area contributed by atoms with E-state index in [0.29, 0.717) is 19.0 Å². The van der Waals surface area contributed by atoms with Gasteiger partial charge in [-0.05, 0) is 40.2 Å². The van der Waals surface area contributed by atoms with E-state index in [-0.39, 0.29) is 5.91 Å². The molecule has 0 aliphatic carbocycles. The molecule has 3 rings (SSSR count). The van der Waals surface area contributed by atoms with Crippen LogP contribution in [0.5, 0.6) is 0 Å². The number of hydrogen-bond acceptors (Lipinski definition) is 7. The number of ether oxygens (including phenoxy) is 1. The van der Waals surface area contributed by atoms with Crippen LogP contribution in [0.15, 0.2) is 23.1 Å². The molecule has 0 aromatic carbocycles. The molecule has 1 aliphatic rings. The summed E-state index contributed by atoms with van der Waals surface area (Å²) in [6.45, 7) is 6.44. The van der Waals surface area contributed by atoms with Crippen LogP contribution in [0.1, 0.15) is 13.8 Å². The van der Waals surface area contributed by atoms with Crippen LogP contribution in [0, 0.1) is 0 Å². The Morgan fingerprint density at radius 2 is 2.12 bits per heavy atom. The zero-order chi connectivity index (χ0) is 17.2. The van der Waals surface area contributed by atoms with Gasteiger partial charge < -0.3 is 15.0 Å². The van der Waals surface area contributed by atoms with Crippen molar-refractivity contribution in [2.75, 3.05) is 36.5 Å². The van der Waals surface area contributed by atoms with Crippen LogP contribution in [0.3, 0.4) is 0 Å². The number of nitrogens with zero attached hydrogens (tertiary/aromatic N) is 6. The third kappa shape index (κ3) is 3.39.